The molecule has 0 rings (SSSR count). The van der Waals surface area contributed by atoms with Gasteiger partial charge in [-0.3, -0.25) is 25.7 Å². The summed E-state index contributed by atoms with van der Waals surface area (Å²) in [4.78, 5) is 15.5. The zero-order chi connectivity index (χ0) is 19.7. The first-order valence-corrected chi connectivity index (χ1v) is 5.70. The fourth-order valence-corrected chi connectivity index (χ4v) is 0. The topological polar surface area (TPSA) is 81.7 Å². The van der Waals surface area contributed by atoms with Gasteiger partial charge >= 0.3 is 0 Å². The summed E-state index contributed by atoms with van der Waals surface area (Å²) in [6.07, 6.45) is 0. The van der Waals surface area contributed by atoms with Crippen LogP contribution in [0.25, 0.3) is 0 Å². The Bertz CT molecular complexity index is 353. The maximum absolute atomic E-state index is 7.79. The van der Waals surface area contributed by atoms with Crippen molar-refractivity contribution in [2.75, 3.05) is 0 Å². The molecule has 0 aliphatic carbocycles. The third-order valence-corrected chi connectivity index (χ3v) is 0.367. The van der Waals surface area contributed by atoms with Crippen LogP contribution in [0.4, 0.5) is 0 Å². The summed E-state index contributed by atoms with van der Waals surface area (Å²) in [6.45, 7) is 34.1. The molecule has 26 heavy (non-hydrogen) atoms. The number of rotatable bonds is 0. The van der Waals surface area contributed by atoms with Gasteiger partial charge in [0.25, 0.3) is 0 Å². The maximum Gasteiger partial charge on any atom is 0.0937 e. The van der Waals surface area contributed by atoms with Gasteiger partial charge in [-0.25, -0.2) is 0 Å². The van der Waals surface area contributed by atoms with Crippen molar-refractivity contribution >= 4 is 13.6 Å². The number of hydrogen-bond acceptors (Lipinski definition) is 4. The normalized spacial score (nSPS) is 4.46. The molecular formula is C18H26N2O2Y4-4. The molecule has 0 saturated heterocycles. The average Bonchev–Trinajstić information content (AvgIpc) is 2.42. The van der Waals surface area contributed by atoms with E-state index in [-0.39, 0.29) is 131 Å². The Hall–Kier alpha value is 1.70. The van der Waals surface area contributed by atoms with E-state index in [2.05, 4.69) is 26.7 Å². The van der Waals surface area contributed by atoms with Gasteiger partial charge in [0, 0.05) is 136 Å². The minimum Gasteiger partial charge on any atom is -0.545 e. The second-order valence-corrected chi connectivity index (χ2v) is 3.97. The molecule has 0 aliphatic heterocycles. The summed E-state index contributed by atoms with van der Waals surface area (Å²) >= 11 is 0. The SMILES string of the molecule is C=C(C)C.C=C(C)C#N.[CH-]=C(C)C.[CH-]=C(C)C#N.[CH-]=O.[CH-]=O.[Y].[Y].[Y].[Y]. The molecule has 0 aromatic carbocycles. The molecule has 0 aliphatic rings. The van der Waals surface area contributed by atoms with Crippen LogP contribution >= 0.6 is 0 Å². The van der Waals surface area contributed by atoms with Crippen molar-refractivity contribution in [3.63, 3.8) is 0 Å². The molecule has 0 amide bonds. The van der Waals surface area contributed by atoms with Gasteiger partial charge in [0.15, 0.2) is 0 Å². The van der Waals surface area contributed by atoms with Crippen molar-refractivity contribution in [1.29, 1.82) is 10.5 Å². The summed E-state index contributed by atoms with van der Waals surface area (Å²) in [7, 11) is 0. The van der Waals surface area contributed by atoms with Crippen LogP contribution < -0.4 is 0 Å². The molecule has 0 atom stereocenters. The van der Waals surface area contributed by atoms with Crippen LogP contribution in [0.3, 0.4) is 0 Å². The zero-order valence-corrected chi connectivity index (χ0v) is 28.1. The molecule has 0 saturated carbocycles. The molecule has 0 aromatic rings. The number of nitrogens with zero attached hydrogens (tertiary/aromatic N) is 2. The first-order valence-electron chi connectivity index (χ1n) is 5.70. The molecule has 0 fully saturated rings. The van der Waals surface area contributed by atoms with Crippen molar-refractivity contribution < 1.29 is 140 Å². The van der Waals surface area contributed by atoms with E-state index in [0.29, 0.717) is 11.1 Å². The van der Waals surface area contributed by atoms with Gasteiger partial charge in [0.05, 0.1) is 6.07 Å². The first-order chi connectivity index (χ1) is 10.0. The summed E-state index contributed by atoms with van der Waals surface area (Å²) in [5, 5.41) is 15.5. The summed E-state index contributed by atoms with van der Waals surface area (Å²) in [6, 6.07) is 3.56. The minimum absolute atomic E-state index is 0. The van der Waals surface area contributed by atoms with Crippen molar-refractivity contribution in [1.82, 2.24) is 0 Å². The Kier molecular flexibility index (Phi) is 173. The Morgan fingerprint density at radius 3 is 0.769 bits per heavy atom. The second-order valence-electron chi connectivity index (χ2n) is 3.97. The minimum atomic E-state index is 0. The molecule has 136 valence electrons. The molecule has 0 heterocycles. The van der Waals surface area contributed by atoms with Gasteiger partial charge < -0.3 is 21.4 Å². The smallest absolute Gasteiger partial charge is 0.0937 e. The van der Waals surface area contributed by atoms with E-state index in [1.165, 1.54) is 5.57 Å². The van der Waals surface area contributed by atoms with Gasteiger partial charge in [-0.1, -0.05) is 32.9 Å². The third kappa shape index (κ3) is 483. The van der Waals surface area contributed by atoms with Crippen molar-refractivity contribution in [3.05, 3.63) is 48.6 Å². The van der Waals surface area contributed by atoms with Crippen molar-refractivity contribution in [2.24, 2.45) is 0 Å². The third-order valence-electron chi connectivity index (χ3n) is 0.367. The van der Waals surface area contributed by atoms with E-state index in [0.717, 1.165) is 5.57 Å². The standard InChI is InChI=1S/C4H5N.C4H4N.C4H8.C4H7.2CHO.4Y/c2*1-4(2)3-5;2*1-4(2)3;2*1-2;;;;/h1H2,2H3;1H,2H3;1H2,2-3H3;1H,2-3H3;2*1H;;;;/q;-1;;3*-1;;;;. The fourth-order valence-electron chi connectivity index (χ4n) is 0. The summed E-state index contributed by atoms with van der Waals surface area (Å²) in [5.74, 6) is 0. The van der Waals surface area contributed by atoms with Gasteiger partial charge in [-0.15, -0.1) is 12.6 Å². The van der Waals surface area contributed by atoms with Gasteiger partial charge in [-0.05, 0) is 20.8 Å². The molecule has 0 N–H and O–H groups in total. The molecule has 8 heteroatoms. The van der Waals surface area contributed by atoms with Crippen LogP contribution in [-0.2, 0) is 140 Å². The van der Waals surface area contributed by atoms with Crippen LogP contribution in [0.2, 0.25) is 0 Å². The number of carbonyl (C=O) groups excluding carboxylic acids is 2. The predicted octanol–water partition coefficient (Wildman–Crippen LogP) is 4.39. The molecule has 4 radical (unpaired) electrons. The Morgan fingerprint density at radius 2 is 0.769 bits per heavy atom. The van der Waals surface area contributed by atoms with Crippen LogP contribution in [0.5, 0.6) is 0 Å². The van der Waals surface area contributed by atoms with E-state index >= 15 is 0 Å². The van der Waals surface area contributed by atoms with E-state index in [1.54, 1.807) is 19.9 Å². The van der Waals surface area contributed by atoms with Crippen molar-refractivity contribution in [3.8, 4) is 12.1 Å². The van der Waals surface area contributed by atoms with Crippen LogP contribution in [0.1, 0.15) is 41.5 Å². The van der Waals surface area contributed by atoms with Crippen LogP contribution in [-0.4, -0.2) is 13.6 Å². The second kappa shape index (κ2) is 71.5. The maximum atomic E-state index is 7.79. The van der Waals surface area contributed by atoms with E-state index in [9.17, 15) is 0 Å². The Balaban J connectivity index is -0.0000000147. The average molecular weight is 658 g/mol. The zero-order valence-electron chi connectivity index (χ0n) is 16.7. The van der Waals surface area contributed by atoms with E-state index in [4.69, 9.17) is 33.3 Å². The molecule has 0 bridgehead atoms. The van der Waals surface area contributed by atoms with Crippen LogP contribution in [0.15, 0.2) is 35.5 Å². The van der Waals surface area contributed by atoms with E-state index < -0.39 is 0 Å². The predicted molar refractivity (Wildman–Crippen MR) is 92.7 cm³/mol. The van der Waals surface area contributed by atoms with Crippen LogP contribution in [0, 0.1) is 35.8 Å². The number of allylic oxidation sites excluding steroid dienone is 4. The molecule has 0 aromatic heterocycles. The number of hydrogen-bond donors (Lipinski definition) is 0. The number of nitriles is 2. The molecular weight excluding hydrogens is 632 g/mol. The Morgan fingerprint density at radius 1 is 0.692 bits per heavy atom. The molecule has 4 nitrogen and oxygen atoms in total. The van der Waals surface area contributed by atoms with Gasteiger partial charge in [0.1, 0.15) is 0 Å². The fraction of sp³-hybridized carbons (Fsp3) is 0.333. The summed E-state index contributed by atoms with van der Waals surface area (Å²) < 4.78 is 0. The monoisotopic (exact) mass is 658 g/mol. The summed E-state index contributed by atoms with van der Waals surface area (Å²) in [5.41, 5.74) is 2.95. The largest absolute Gasteiger partial charge is 0.545 e. The molecule has 0 unspecified atom stereocenters. The quantitative estimate of drug-likeness (QED) is 0.168. The Labute approximate surface area is 262 Å². The molecule has 0 spiro atoms. The first kappa shape index (κ1) is 63.0. The van der Waals surface area contributed by atoms with Crippen molar-refractivity contribution in [2.45, 2.75) is 41.5 Å². The van der Waals surface area contributed by atoms with E-state index in [1.807, 2.05) is 33.8 Å². The van der Waals surface area contributed by atoms with Gasteiger partial charge in [0.2, 0.25) is 0 Å². The van der Waals surface area contributed by atoms with Gasteiger partial charge in [-0.2, -0.15) is 10.8 Å².